The van der Waals surface area contributed by atoms with Crippen LogP contribution in [0.4, 0.5) is 0 Å². The van der Waals surface area contributed by atoms with Gasteiger partial charge in [-0.3, -0.25) is 4.98 Å². The quantitative estimate of drug-likeness (QED) is 0.356. The Hall–Kier alpha value is -3.45. The van der Waals surface area contributed by atoms with E-state index in [4.69, 9.17) is 4.98 Å². The van der Waals surface area contributed by atoms with E-state index in [0.717, 1.165) is 11.3 Å². The minimum Gasteiger partial charge on any atom is -0.256 e. The van der Waals surface area contributed by atoms with Crippen LogP contribution in [0.2, 0.25) is 0 Å². The van der Waals surface area contributed by atoms with Crippen LogP contribution in [0.5, 0.6) is 0 Å². The summed E-state index contributed by atoms with van der Waals surface area (Å²) in [5, 5.41) is 0. The van der Waals surface area contributed by atoms with Crippen LogP contribution in [0.15, 0.2) is 91.1 Å². The van der Waals surface area contributed by atoms with Gasteiger partial charge >= 0.3 is 0 Å². The number of benzene rings is 3. The summed E-state index contributed by atoms with van der Waals surface area (Å²) in [5.41, 5.74) is 13.0. The average Bonchev–Trinajstić information content (AvgIpc) is 3.08. The highest BCUT2D eigenvalue weighted by molar-refractivity contribution is 6.01. The van der Waals surface area contributed by atoms with Crippen molar-refractivity contribution in [2.75, 3.05) is 0 Å². The maximum Gasteiger partial charge on any atom is 0.0704 e. The zero-order chi connectivity index (χ0) is 20.7. The highest BCUT2D eigenvalue weighted by atomic mass is 14.7. The molecule has 3 aromatic carbocycles. The third-order valence-electron chi connectivity index (χ3n) is 6.30. The first kappa shape index (κ1) is 18.6. The van der Waals surface area contributed by atoms with E-state index in [1.54, 1.807) is 0 Å². The molecule has 1 heterocycles. The minimum atomic E-state index is 0.208. The lowest BCUT2D eigenvalue weighted by atomic mass is 9.83. The van der Waals surface area contributed by atoms with Crippen LogP contribution in [-0.2, 0) is 0 Å². The number of nitrogens with zero attached hydrogens (tertiary/aromatic N) is 1. The molecule has 0 amide bonds. The lowest BCUT2D eigenvalue weighted by molar-refractivity contribution is 1.02. The summed E-state index contributed by atoms with van der Waals surface area (Å²) in [6.45, 7) is 6.71. The Bertz CT molecular complexity index is 1250. The van der Waals surface area contributed by atoms with Crippen molar-refractivity contribution >= 4 is 11.1 Å². The first-order valence-corrected chi connectivity index (χ1v) is 10.5. The van der Waals surface area contributed by atoms with Crippen molar-refractivity contribution in [1.29, 1.82) is 0 Å². The molecule has 1 heteroatoms. The van der Waals surface area contributed by atoms with E-state index in [0.29, 0.717) is 0 Å². The molecule has 1 atom stereocenters. The van der Waals surface area contributed by atoms with Crippen LogP contribution in [0, 0.1) is 13.8 Å². The topological polar surface area (TPSA) is 12.9 Å². The van der Waals surface area contributed by atoms with Gasteiger partial charge in [0, 0.05) is 17.7 Å². The smallest absolute Gasteiger partial charge is 0.0704 e. The van der Waals surface area contributed by atoms with Crippen LogP contribution >= 0.6 is 0 Å². The van der Waals surface area contributed by atoms with Gasteiger partial charge in [0.25, 0.3) is 0 Å². The Balaban J connectivity index is 1.70. The summed E-state index contributed by atoms with van der Waals surface area (Å²) in [4.78, 5) is 4.88. The van der Waals surface area contributed by atoms with Gasteiger partial charge in [-0.1, -0.05) is 78.9 Å². The Morgan fingerprint density at radius 3 is 1.97 bits per heavy atom. The first-order valence-electron chi connectivity index (χ1n) is 10.5. The van der Waals surface area contributed by atoms with Crippen LogP contribution in [0.25, 0.3) is 22.4 Å². The average molecular weight is 388 g/mol. The van der Waals surface area contributed by atoms with Gasteiger partial charge in [-0.2, -0.15) is 0 Å². The van der Waals surface area contributed by atoms with Gasteiger partial charge < -0.3 is 0 Å². The normalized spacial score (nSPS) is 15.4. The SMILES string of the molecule is CC1=C(c2ccccc2)C(c2cnc(-c3ccccc3)cc2C)c2cccc(C)c21. The number of aromatic nitrogens is 1. The molecule has 5 rings (SSSR count). The van der Waals surface area contributed by atoms with Crippen molar-refractivity contribution in [1.82, 2.24) is 4.98 Å². The molecule has 0 spiro atoms. The highest BCUT2D eigenvalue weighted by Gasteiger charge is 2.33. The van der Waals surface area contributed by atoms with Crippen molar-refractivity contribution in [3.05, 3.63) is 125 Å². The molecule has 0 bridgehead atoms. The van der Waals surface area contributed by atoms with Gasteiger partial charge in [-0.25, -0.2) is 0 Å². The molecule has 146 valence electrons. The molecule has 1 aliphatic carbocycles. The van der Waals surface area contributed by atoms with E-state index in [2.05, 4.69) is 106 Å². The second-order valence-electron chi connectivity index (χ2n) is 8.17. The second kappa shape index (κ2) is 7.42. The Morgan fingerprint density at radius 2 is 1.30 bits per heavy atom. The van der Waals surface area contributed by atoms with Crippen LogP contribution in [0.3, 0.4) is 0 Å². The van der Waals surface area contributed by atoms with E-state index >= 15 is 0 Å². The summed E-state index contributed by atoms with van der Waals surface area (Å²) >= 11 is 0. The zero-order valence-corrected chi connectivity index (χ0v) is 17.7. The van der Waals surface area contributed by atoms with Crippen molar-refractivity contribution in [3.63, 3.8) is 0 Å². The maximum absolute atomic E-state index is 4.88. The molecule has 0 aliphatic heterocycles. The molecule has 1 unspecified atom stereocenters. The first-order chi connectivity index (χ1) is 14.6. The molecule has 30 heavy (non-hydrogen) atoms. The fourth-order valence-electron chi connectivity index (χ4n) is 4.91. The van der Waals surface area contributed by atoms with Crippen molar-refractivity contribution in [2.24, 2.45) is 0 Å². The van der Waals surface area contributed by atoms with Crippen LogP contribution in [0.1, 0.15) is 46.2 Å². The molecule has 4 aromatic rings. The summed E-state index contributed by atoms with van der Waals surface area (Å²) in [5.74, 6) is 0.208. The molecule has 0 radical (unpaired) electrons. The standard InChI is InChI=1S/C29H25N/c1-19-11-10-16-24-27(19)21(3)28(23-14-8-5-9-15-23)29(24)25-18-30-26(17-20(25)2)22-12-6-4-7-13-22/h4-18,29H,1-3H3. The molecule has 0 saturated carbocycles. The monoisotopic (exact) mass is 387 g/mol. The van der Waals surface area contributed by atoms with E-state index < -0.39 is 0 Å². The highest BCUT2D eigenvalue weighted by Crippen LogP contribution is 2.51. The van der Waals surface area contributed by atoms with Gasteiger partial charge in [0.05, 0.1) is 5.69 Å². The molecular weight excluding hydrogens is 362 g/mol. The Labute approximate surface area is 178 Å². The van der Waals surface area contributed by atoms with E-state index in [1.807, 2.05) is 6.07 Å². The van der Waals surface area contributed by atoms with E-state index in [-0.39, 0.29) is 5.92 Å². The van der Waals surface area contributed by atoms with Gasteiger partial charge in [0.1, 0.15) is 0 Å². The number of rotatable bonds is 3. The summed E-state index contributed by atoms with van der Waals surface area (Å²) in [6, 6.07) is 30.1. The fraction of sp³-hybridized carbons (Fsp3) is 0.138. The van der Waals surface area contributed by atoms with Crippen LogP contribution < -0.4 is 0 Å². The van der Waals surface area contributed by atoms with E-state index in [1.165, 1.54) is 44.5 Å². The fourth-order valence-corrected chi connectivity index (χ4v) is 4.91. The number of hydrogen-bond acceptors (Lipinski definition) is 1. The molecule has 1 nitrogen and oxygen atoms in total. The van der Waals surface area contributed by atoms with Gasteiger partial charge in [0.2, 0.25) is 0 Å². The van der Waals surface area contributed by atoms with E-state index in [9.17, 15) is 0 Å². The third kappa shape index (κ3) is 2.98. The number of fused-ring (bicyclic) bond motifs is 1. The summed E-state index contributed by atoms with van der Waals surface area (Å²) in [6.07, 6.45) is 2.09. The second-order valence-corrected chi connectivity index (χ2v) is 8.17. The lowest BCUT2D eigenvalue weighted by Crippen LogP contribution is -2.05. The third-order valence-corrected chi connectivity index (χ3v) is 6.30. The Kier molecular flexibility index (Phi) is 4.59. The predicted molar refractivity (Wildman–Crippen MR) is 126 cm³/mol. The number of hydrogen-bond donors (Lipinski definition) is 0. The molecule has 0 saturated heterocycles. The van der Waals surface area contributed by atoms with Crippen molar-refractivity contribution in [3.8, 4) is 11.3 Å². The molecular formula is C29H25N. The van der Waals surface area contributed by atoms with Gasteiger partial charge in [-0.15, -0.1) is 0 Å². The predicted octanol–water partition coefficient (Wildman–Crippen LogP) is 7.44. The molecule has 1 aliphatic rings. The van der Waals surface area contributed by atoms with Crippen molar-refractivity contribution in [2.45, 2.75) is 26.7 Å². The van der Waals surface area contributed by atoms with Gasteiger partial charge in [-0.05, 0) is 71.4 Å². The number of aryl methyl sites for hydroxylation is 2. The largest absolute Gasteiger partial charge is 0.256 e. The summed E-state index contributed by atoms with van der Waals surface area (Å²) < 4.78 is 0. The number of allylic oxidation sites excluding steroid dienone is 2. The lowest BCUT2D eigenvalue weighted by Gasteiger charge is -2.21. The van der Waals surface area contributed by atoms with Crippen molar-refractivity contribution < 1.29 is 0 Å². The molecule has 0 N–H and O–H groups in total. The maximum atomic E-state index is 4.88. The van der Waals surface area contributed by atoms with Gasteiger partial charge in [0.15, 0.2) is 0 Å². The zero-order valence-electron chi connectivity index (χ0n) is 17.7. The minimum absolute atomic E-state index is 0.208. The molecule has 1 aromatic heterocycles. The molecule has 0 fully saturated rings. The van der Waals surface area contributed by atoms with Crippen LogP contribution in [-0.4, -0.2) is 4.98 Å². The summed E-state index contributed by atoms with van der Waals surface area (Å²) in [7, 11) is 0. The number of pyridine rings is 1. The Morgan fingerprint density at radius 1 is 0.633 bits per heavy atom.